The zero-order valence-electron chi connectivity index (χ0n) is 9.21. The van der Waals surface area contributed by atoms with Crippen molar-refractivity contribution in [2.75, 3.05) is 19.8 Å². The van der Waals surface area contributed by atoms with Gasteiger partial charge in [-0.05, 0) is 36.1 Å². The van der Waals surface area contributed by atoms with Crippen molar-refractivity contribution in [1.29, 1.82) is 0 Å². The Morgan fingerprint density at radius 3 is 2.56 bits per heavy atom. The van der Waals surface area contributed by atoms with Crippen LogP contribution in [0.5, 0.6) is 11.5 Å². The third-order valence-electron chi connectivity index (χ3n) is 3.97. The Bertz CT molecular complexity index is 451. The maximum Gasteiger partial charge on any atom is 0.161 e. The minimum atomic E-state index is 0.420. The molecule has 0 unspecified atom stereocenters. The van der Waals surface area contributed by atoms with E-state index in [2.05, 4.69) is 17.4 Å². The Kier molecular flexibility index (Phi) is 1.62. The highest BCUT2D eigenvalue weighted by molar-refractivity contribution is 5.53. The highest BCUT2D eigenvalue weighted by Crippen LogP contribution is 2.52. The topological polar surface area (TPSA) is 30.5 Å². The smallest absolute Gasteiger partial charge is 0.161 e. The van der Waals surface area contributed by atoms with Gasteiger partial charge in [-0.3, -0.25) is 0 Å². The summed E-state index contributed by atoms with van der Waals surface area (Å²) in [5.41, 5.74) is 3.31. The van der Waals surface area contributed by atoms with Gasteiger partial charge in [0.05, 0.1) is 0 Å². The molecule has 16 heavy (non-hydrogen) atoms. The lowest BCUT2D eigenvalue weighted by atomic mass is 9.87. The Balaban J connectivity index is 1.87. The summed E-state index contributed by atoms with van der Waals surface area (Å²) < 4.78 is 11.3. The molecule has 0 amide bonds. The van der Waals surface area contributed by atoms with Gasteiger partial charge in [0.15, 0.2) is 11.5 Å². The van der Waals surface area contributed by atoms with Crippen LogP contribution >= 0.6 is 0 Å². The summed E-state index contributed by atoms with van der Waals surface area (Å²) in [4.78, 5) is 0. The fourth-order valence-corrected chi connectivity index (χ4v) is 2.90. The molecule has 0 bridgehead atoms. The number of hydrogen-bond donors (Lipinski definition) is 1. The first-order valence-corrected chi connectivity index (χ1v) is 6.01. The molecule has 1 fully saturated rings. The van der Waals surface area contributed by atoms with Crippen molar-refractivity contribution in [2.45, 2.75) is 24.8 Å². The van der Waals surface area contributed by atoms with Crippen molar-refractivity contribution in [3.05, 3.63) is 23.3 Å². The van der Waals surface area contributed by atoms with E-state index in [0.29, 0.717) is 18.6 Å². The molecule has 0 saturated heterocycles. The number of hydrogen-bond acceptors (Lipinski definition) is 3. The van der Waals surface area contributed by atoms with Crippen LogP contribution in [0.15, 0.2) is 12.1 Å². The van der Waals surface area contributed by atoms with Crippen molar-refractivity contribution < 1.29 is 9.47 Å². The first kappa shape index (κ1) is 8.88. The Morgan fingerprint density at radius 2 is 1.81 bits per heavy atom. The number of benzene rings is 1. The van der Waals surface area contributed by atoms with Crippen molar-refractivity contribution in [2.24, 2.45) is 0 Å². The van der Waals surface area contributed by atoms with Crippen LogP contribution in [-0.4, -0.2) is 19.8 Å². The summed E-state index contributed by atoms with van der Waals surface area (Å²) in [5, 5.41) is 3.50. The third-order valence-corrected chi connectivity index (χ3v) is 3.97. The van der Waals surface area contributed by atoms with Crippen LogP contribution in [0, 0.1) is 0 Å². The molecule has 2 aliphatic heterocycles. The molecule has 3 heteroatoms. The lowest BCUT2D eigenvalue weighted by Gasteiger charge is -2.29. The standard InChI is InChI=1S/C13H15NO2/c1-2-13(1)8-14-7-9-5-11-12(6-10(9)13)16-4-3-15-11/h5-6,14H,1-4,7-8H2. The van der Waals surface area contributed by atoms with Gasteiger partial charge in [0.2, 0.25) is 0 Å². The quantitative estimate of drug-likeness (QED) is 0.716. The van der Waals surface area contributed by atoms with Gasteiger partial charge in [-0.2, -0.15) is 0 Å². The highest BCUT2D eigenvalue weighted by Gasteiger charge is 2.47. The van der Waals surface area contributed by atoms with Crippen molar-refractivity contribution in [1.82, 2.24) is 5.32 Å². The first-order valence-electron chi connectivity index (χ1n) is 6.01. The molecule has 4 rings (SSSR count). The molecular weight excluding hydrogens is 202 g/mol. The summed E-state index contributed by atoms with van der Waals surface area (Å²) in [5.74, 6) is 1.86. The average molecular weight is 217 g/mol. The van der Waals surface area contributed by atoms with Crippen LogP contribution in [0.25, 0.3) is 0 Å². The van der Waals surface area contributed by atoms with Crippen molar-refractivity contribution >= 4 is 0 Å². The molecule has 1 spiro atoms. The van der Waals surface area contributed by atoms with Crippen molar-refractivity contribution in [3.8, 4) is 11.5 Å². The van der Waals surface area contributed by atoms with Gasteiger partial charge in [0.25, 0.3) is 0 Å². The number of ether oxygens (including phenoxy) is 2. The summed E-state index contributed by atoms with van der Waals surface area (Å²) >= 11 is 0. The normalized spacial score (nSPS) is 24.0. The Hall–Kier alpha value is -1.22. The molecular formula is C13H15NO2. The maximum absolute atomic E-state index is 5.67. The van der Waals surface area contributed by atoms with E-state index in [1.54, 1.807) is 0 Å². The SMILES string of the molecule is c1c2c(cc3c1OCCO3)C1(CC1)CNC2. The molecule has 0 aromatic heterocycles. The lowest BCUT2D eigenvalue weighted by Crippen LogP contribution is -2.33. The monoisotopic (exact) mass is 217 g/mol. The Morgan fingerprint density at radius 1 is 1.06 bits per heavy atom. The molecule has 1 N–H and O–H groups in total. The van der Waals surface area contributed by atoms with Gasteiger partial charge in [-0.25, -0.2) is 0 Å². The molecule has 1 aromatic carbocycles. The number of fused-ring (bicyclic) bond motifs is 3. The number of rotatable bonds is 0. The third kappa shape index (κ3) is 1.12. The van der Waals surface area contributed by atoms with Crippen LogP contribution in [0.2, 0.25) is 0 Å². The molecule has 1 aliphatic carbocycles. The molecule has 84 valence electrons. The number of nitrogens with one attached hydrogen (secondary N) is 1. The van der Waals surface area contributed by atoms with Crippen LogP contribution in [0.3, 0.4) is 0 Å². The summed E-state index contributed by atoms with van der Waals surface area (Å²) in [7, 11) is 0. The molecule has 3 nitrogen and oxygen atoms in total. The van der Waals surface area contributed by atoms with E-state index >= 15 is 0 Å². The summed E-state index contributed by atoms with van der Waals surface area (Å²) in [6.45, 7) is 3.44. The van der Waals surface area contributed by atoms with Crippen LogP contribution in [0.1, 0.15) is 24.0 Å². The second-order valence-corrected chi connectivity index (χ2v) is 5.04. The van der Waals surface area contributed by atoms with Crippen molar-refractivity contribution in [3.63, 3.8) is 0 Å². The highest BCUT2D eigenvalue weighted by atomic mass is 16.6. The van der Waals surface area contributed by atoms with Gasteiger partial charge >= 0.3 is 0 Å². The average Bonchev–Trinajstić information content (AvgIpc) is 3.08. The van der Waals surface area contributed by atoms with Gasteiger partial charge in [-0.15, -0.1) is 0 Å². The predicted octanol–water partition coefficient (Wildman–Crippen LogP) is 1.59. The fourth-order valence-electron chi connectivity index (χ4n) is 2.90. The molecule has 1 saturated carbocycles. The summed E-state index contributed by atoms with van der Waals surface area (Å²) in [6, 6.07) is 4.38. The zero-order chi connectivity index (χ0) is 10.6. The lowest BCUT2D eigenvalue weighted by molar-refractivity contribution is 0.171. The Labute approximate surface area is 94.7 Å². The zero-order valence-corrected chi connectivity index (χ0v) is 9.21. The fraction of sp³-hybridized carbons (Fsp3) is 0.538. The van der Waals surface area contributed by atoms with Gasteiger partial charge < -0.3 is 14.8 Å². The van der Waals surface area contributed by atoms with Crippen LogP contribution in [-0.2, 0) is 12.0 Å². The summed E-state index contributed by atoms with van der Waals surface area (Å²) in [6.07, 6.45) is 2.62. The minimum Gasteiger partial charge on any atom is -0.486 e. The van der Waals surface area contributed by atoms with E-state index in [-0.39, 0.29) is 0 Å². The second-order valence-electron chi connectivity index (χ2n) is 5.04. The van der Waals surface area contributed by atoms with Crippen LogP contribution < -0.4 is 14.8 Å². The van der Waals surface area contributed by atoms with E-state index in [1.165, 1.54) is 24.0 Å². The van der Waals surface area contributed by atoms with Crippen LogP contribution in [0.4, 0.5) is 0 Å². The van der Waals surface area contributed by atoms with E-state index < -0.39 is 0 Å². The minimum absolute atomic E-state index is 0.420. The van der Waals surface area contributed by atoms with E-state index in [1.807, 2.05) is 0 Å². The molecule has 1 aromatic rings. The first-order chi connectivity index (χ1) is 7.87. The predicted molar refractivity (Wildman–Crippen MR) is 60.1 cm³/mol. The van der Waals surface area contributed by atoms with E-state index in [4.69, 9.17) is 9.47 Å². The molecule has 3 aliphatic rings. The molecule has 2 heterocycles. The van der Waals surface area contributed by atoms with E-state index in [9.17, 15) is 0 Å². The van der Waals surface area contributed by atoms with Gasteiger partial charge in [0, 0.05) is 18.5 Å². The second kappa shape index (κ2) is 2.92. The maximum atomic E-state index is 5.67. The largest absolute Gasteiger partial charge is 0.486 e. The molecule has 0 radical (unpaired) electrons. The molecule has 0 atom stereocenters. The van der Waals surface area contributed by atoms with E-state index in [0.717, 1.165) is 24.6 Å². The van der Waals surface area contributed by atoms with Gasteiger partial charge in [-0.1, -0.05) is 0 Å². The van der Waals surface area contributed by atoms with Gasteiger partial charge in [0.1, 0.15) is 13.2 Å².